The summed E-state index contributed by atoms with van der Waals surface area (Å²) < 4.78 is 27.5. The number of hydrogen-bond acceptors (Lipinski definition) is 6. The van der Waals surface area contributed by atoms with Crippen molar-refractivity contribution in [3.8, 4) is 6.07 Å². The molecule has 1 heterocycles. The summed E-state index contributed by atoms with van der Waals surface area (Å²) >= 11 is 1.47. The Kier molecular flexibility index (Phi) is 4.70. The molecule has 6 nitrogen and oxygen atoms in total. The molecule has 0 saturated heterocycles. The molecule has 0 aliphatic heterocycles. The van der Waals surface area contributed by atoms with Crippen LogP contribution >= 0.6 is 11.3 Å². The fraction of sp³-hybridized carbons (Fsp3) is 0.0588. The van der Waals surface area contributed by atoms with E-state index in [2.05, 4.69) is 15.0 Å². The van der Waals surface area contributed by atoms with E-state index in [1.807, 2.05) is 24.4 Å². The summed E-state index contributed by atoms with van der Waals surface area (Å²) in [6, 6.07) is 14.7. The number of benzene rings is 2. The van der Waals surface area contributed by atoms with Crippen molar-refractivity contribution in [2.75, 3.05) is 10.0 Å². The quantitative estimate of drug-likeness (QED) is 0.711. The van der Waals surface area contributed by atoms with Crippen molar-refractivity contribution in [2.24, 2.45) is 0 Å². The van der Waals surface area contributed by atoms with Crippen LogP contribution in [0.15, 0.2) is 58.8 Å². The van der Waals surface area contributed by atoms with Crippen LogP contribution in [0.5, 0.6) is 0 Å². The monoisotopic (exact) mass is 370 g/mol. The van der Waals surface area contributed by atoms with Crippen molar-refractivity contribution < 1.29 is 8.42 Å². The van der Waals surface area contributed by atoms with Gasteiger partial charge in [-0.15, -0.1) is 11.3 Å². The number of rotatable bonds is 5. The van der Waals surface area contributed by atoms with Gasteiger partial charge in [0.25, 0.3) is 10.0 Å². The third kappa shape index (κ3) is 4.15. The Morgan fingerprint density at radius 1 is 1.12 bits per heavy atom. The minimum atomic E-state index is -3.77. The normalized spacial score (nSPS) is 10.9. The first kappa shape index (κ1) is 17.0. The molecule has 0 fully saturated rings. The molecule has 25 heavy (non-hydrogen) atoms. The van der Waals surface area contributed by atoms with Crippen molar-refractivity contribution in [3.05, 3.63) is 65.2 Å². The molecule has 0 bridgehead atoms. The minimum absolute atomic E-state index is 0.0421. The number of nitriles is 1. The van der Waals surface area contributed by atoms with Crippen molar-refractivity contribution >= 4 is 37.9 Å². The number of hydrogen-bond donors (Lipinski definition) is 2. The van der Waals surface area contributed by atoms with Gasteiger partial charge in [0.1, 0.15) is 0 Å². The van der Waals surface area contributed by atoms with Crippen molar-refractivity contribution in [1.29, 1.82) is 5.26 Å². The SMILES string of the molecule is Cc1csc(Nc2cccc(NS(=O)(=O)c3cccc(C#N)c3)c2)n1. The second kappa shape index (κ2) is 6.93. The first-order valence-corrected chi connectivity index (χ1v) is 9.65. The van der Waals surface area contributed by atoms with E-state index in [9.17, 15) is 8.42 Å². The fourth-order valence-corrected chi connectivity index (χ4v) is 3.95. The summed E-state index contributed by atoms with van der Waals surface area (Å²) in [6.45, 7) is 1.90. The fourth-order valence-electron chi connectivity index (χ4n) is 2.14. The van der Waals surface area contributed by atoms with Gasteiger partial charge >= 0.3 is 0 Å². The van der Waals surface area contributed by atoms with Crippen LogP contribution in [0.3, 0.4) is 0 Å². The molecule has 0 unspecified atom stereocenters. The Balaban J connectivity index is 1.82. The standard InChI is InChI=1S/C17H14N4O2S2/c1-12-11-24-17(19-12)20-14-5-3-6-15(9-14)21-25(22,23)16-7-2-4-13(8-16)10-18/h2-9,11,21H,1H3,(H,19,20). The lowest BCUT2D eigenvalue weighted by Gasteiger charge is -2.10. The lowest BCUT2D eigenvalue weighted by atomic mass is 10.2. The Labute approximate surface area is 149 Å². The van der Waals surface area contributed by atoms with Crippen molar-refractivity contribution in [3.63, 3.8) is 0 Å². The molecule has 0 aliphatic carbocycles. The second-order valence-electron chi connectivity index (χ2n) is 5.24. The van der Waals surface area contributed by atoms with E-state index < -0.39 is 10.0 Å². The first-order valence-electron chi connectivity index (χ1n) is 7.28. The van der Waals surface area contributed by atoms with Crippen molar-refractivity contribution in [2.45, 2.75) is 11.8 Å². The lowest BCUT2D eigenvalue weighted by Crippen LogP contribution is -2.13. The summed E-state index contributed by atoms with van der Waals surface area (Å²) in [7, 11) is -3.77. The van der Waals surface area contributed by atoms with Crippen molar-refractivity contribution in [1.82, 2.24) is 4.98 Å². The van der Waals surface area contributed by atoms with Gasteiger partial charge in [0.2, 0.25) is 0 Å². The highest BCUT2D eigenvalue weighted by Crippen LogP contribution is 2.24. The van der Waals surface area contributed by atoms with Gasteiger partial charge in [-0.3, -0.25) is 4.72 Å². The molecule has 2 N–H and O–H groups in total. The van der Waals surface area contributed by atoms with Gasteiger partial charge in [-0.1, -0.05) is 12.1 Å². The Morgan fingerprint density at radius 2 is 1.88 bits per heavy atom. The molecule has 126 valence electrons. The second-order valence-corrected chi connectivity index (χ2v) is 7.79. The van der Waals surface area contributed by atoms with Crippen LogP contribution in [0, 0.1) is 18.3 Å². The van der Waals surface area contributed by atoms with Gasteiger partial charge in [-0.2, -0.15) is 5.26 Å². The zero-order valence-corrected chi connectivity index (χ0v) is 14.9. The van der Waals surface area contributed by atoms with E-state index in [0.29, 0.717) is 5.69 Å². The summed E-state index contributed by atoms with van der Waals surface area (Å²) in [6.07, 6.45) is 0. The number of sulfonamides is 1. The molecule has 0 saturated carbocycles. The van der Waals surface area contributed by atoms with Crippen LogP contribution in [0.2, 0.25) is 0 Å². The highest BCUT2D eigenvalue weighted by Gasteiger charge is 2.15. The number of aromatic nitrogens is 1. The number of thiazole rings is 1. The maximum Gasteiger partial charge on any atom is 0.261 e. The average Bonchev–Trinajstić information content (AvgIpc) is 2.99. The highest BCUT2D eigenvalue weighted by molar-refractivity contribution is 7.92. The van der Waals surface area contributed by atoms with E-state index >= 15 is 0 Å². The number of anilines is 3. The van der Waals surface area contributed by atoms with E-state index in [4.69, 9.17) is 5.26 Å². The Hall–Kier alpha value is -2.89. The highest BCUT2D eigenvalue weighted by atomic mass is 32.2. The van der Waals surface area contributed by atoms with Gasteiger partial charge in [-0.05, 0) is 43.3 Å². The number of nitrogens with one attached hydrogen (secondary N) is 2. The molecule has 0 aliphatic rings. The summed E-state index contributed by atoms with van der Waals surface area (Å²) in [5.74, 6) is 0. The molecular formula is C17H14N4O2S2. The molecular weight excluding hydrogens is 356 g/mol. The summed E-state index contributed by atoms with van der Waals surface area (Å²) in [5, 5.41) is 14.7. The topological polar surface area (TPSA) is 94.9 Å². The van der Waals surface area contributed by atoms with Crippen LogP contribution in [0.25, 0.3) is 0 Å². The van der Waals surface area contributed by atoms with Crippen LogP contribution in [0.1, 0.15) is 11.3 Å². The Bertz CT molecular complexity index is 1050. The van der Waals surface area contributed by atoms with E-state index in [-0.39, 0.29) is 10.5 Å². The van der Waals surface area contributed by atoms with Crippen LogP contribution < -0.4 is 10.0 Å². The molecule has 2 aromatic carbocycles. The van der Waals surface area contributed by atoms with Crippen LogP contribution in [-0.4, -0.2) is 13.4 Å². The Morgan fingerprint density at radius 3 is 2.60 bits per heavy atom. The zero-order chi connectivity index (χ0) is 17.9. The molecule has 3 rings (SSSR count). The van der Waals surface area contributed by atoms with Crippen LogP contribution in [-0.2, 0) is 10.0 Å². The molecule has 0 amide bonds. The predicted molar refractivity (Wildman–Crippen MR) is 98.5 cm³/mol. The number of nitrogens with zero attached hydrogens (tertiary/aromatic N) is 2. The van der Waals surface area contributed by atoms with E-state index in [0.717, 1.165) is 16.5 Å². The molecule has 8 heteroatoms. The molecule has 1 aromatic heterocycles. The van der Waals surface area contributed by atoms with Gasteiger partial charge in [0.05, 0.1) is 27.9 Å². The lowest BCUT2D eigenvalue weighted by molar-refractivity contribution is 0.601. The van der Waals surface area contributed by atoms with Gasteiger partial charge < -0.3 is 5.32 Å². The smallest absolute Gasteiger partial charge is 0.261 e. The zero-order valence-electron chi connectivity index (χ0n) is 13.2. The first-order chi connectivity index (χ1) is 12.0. The molecule has 0 spiro atoms. The molecule has 0 radical (unpaired) electrons. The van der Waals surface area contributed by atoms with Gasteiger partial charge in [-0.25, -0.2) is 13.4 Å². The molecule has 3 aromatic rings. The summed E-state index contributed by atoms with van der Waals surface area (Å²) in [4.78, 5) is 4.36. The van der Waals surface area contributed by atoms with E-state index in [1.165, 1.54) is 29.5 Å². The minimum Gasteiger partial charge on any atom is -0.331 e. The largest absolute Gasteiger partial charge is 0.331 e. The predicted octanol–water partition coefficient (Wildman–Crippen LogP) is 3.87. The summed E-state index contributed by atoms with van der Waals surface area (Å²) in [5.41, 5.74) is 2.35. The third-order valence-corrected chi connectivity index (χ3v) is 5.51. The van der Waals surface area contributed by atoms with E-state index in [1.54, 1.807) is 24.3 Å². The van der Waals surface area contributed by atoms with Crippen LogP contribution in [0.4, 0.5) is 16.5 Å². The molecule has 0 atom stereocenters. The maximum atomic E-state index is 12.5. The van der Waals surface area contributed by atoms with Gasteiger partial charge in [0, 0.05) is 11.1 Å². The van der Waals surface area contributed by atoms with Gasteiger partial charge in [0.15, 0.2) is 5.13 Å². The number of aryl methyl sites for hydroxylation is 1. The third-order valence-electron chi connectivity index (χ3n) is 3.26. The maximum absolute atomic E-state index is 12.5. The average molecular weight is 370 g/mol.